The van der Waals surface area contributed by atoms with Crippen LogP contribution in [0.15, 0.2) is 24.3 Å². The molecule has 116 valence electrons. The normalized spacial score (nSPS) is 11.1. The number of aryl methyl sites for hydroxylation is 2. The number of nitriles is 1. The zero-order valence-electron chi connectivity index (χ0n) is 13.9. The number of anilines is 3. The van der Waals surface area contributed by atoms with Crippen molar-refractivity contribution in [3.05, 3.63) is 35.5 Å². The van der Waals surface area contributed by atoms with E-state index in [2.05, 4.69) is 42.6 Å². The van der Waals surface area contributed by atoms with Crippen LogP contribution in [-0.4, -0.2) is 16.3 Å². The lowest BCUT2D eigenvalue weighted by atomic mass is 9.97. The van der Waals surface area contributed by atoms with E-state index in [9.17, 15) is 0 Å². The summed E-state index contributed by atoms with van der Waals surface area (Å²) < 4.78 is 1.85. The Labute approximate surface area is 132 Å². The van der Waals surface area contributed by atoms with Crippen LogP contribution in [-0.2, 0) is 7.05 Å². The first-order valence-corrected chi connectivity index (χ1v) is 7.35. The lowest BCUT2D eigenvalue weighted by Gasteiger charge is -2.20. The number of aromatic nitrogens is 2. The van der Waals surface area contributed by atoms with Crippen molar-refractivity contribution in [1.82, 2.24) is 9.78 Å². The van der Waals surface area contributed by atoms with Gasteiger partial charge in [-0.3, -0.25) is 4.68 Å². The largest absolute Gasteiger partial charge is 0.368 e. The Hall–Kier alpha value is -2.48. The minimum absolute atomic E-state index is 0.184. The van der Waals surface area contributed by atoms with Gasteiger partial charge in [0.2, 0.25) is 0 Å². The fourth-order valence-corrected chi connectivity index (χ4v) is 2.13. The van der Waals surface area contributed by atoms with E-state index in [-0.39, 0.29) is 5.41 Å². The summed E-state index contributed by atoms with van der Waals surface area (Å²) in [6.07, 6.45) is 0. The summed E-state index contributed by atoms with van der Waals surface area (Å²) in [5.74, 6) is 0.969. The Bertz CT molecular complexity index is 684. The van der Waals surface area contributed by atoms with E-state index in [0.717, 1.165) is 29.4 Å². The molecule has 1 aromatic carbocycles. The average molecular weight is 297 g/mol. The van der Waals surface area contributed by atoms with Crippen molar-refractivity contribution >= 4 is 17.2 Å². The van der Waals surface area contributed by atoms with E-state index in [1.807, 2.05) is 30.8 Å². The molecule has 0 amide bonds. The van der Waals surface area contributed by atoms with Crippen LogP contribution in [0.5, 0.6) is 0 Å². The van der Waals surface area contributed by atoms with Crippen LogP contribution in [0.1, 0.15) is 32.0 Å². The van der Waals surface area contributed by atoms with Crippen LogP contribution in [0.25, 0.3) is 0 Å². The van der Waals surface area contributed by atoms with E-state index >= 15 is 0 Å². The molecule has 0 bridgehead atoms. The Morgan fingerprint density at radius 3 is 2.41 bits per heavy atom. The molecule has 1 heterocycles. The van der Waals surface area contributed by atoms with E-state index in [1.165, 1.54) is 0 Å². The quantitative estimate of drug-likeness (QED) is 0.900. The smallest absolute Gasteiger partial charge is 0.148 e. The van der Waals surface area contributed by atoms with Crippen LogP contribution in [0.3, 0.4) is 0 Å². The highest BCUT2D eigenvalue weighted by molar-refractivity contribution is 5.74. The van der Waals surface area contributed by atoms with Crippen LogP contribution in [0.4, 0.5) is 17.2 Å². The Kier molecular flexibility index (Phi) is 4.41. The van der Waals surface area contributed by atoms with Gasteiger partial charge in [-0.15, -0.1) is 0 Å². The molecular weight excluding hydrogens is 274 g/mol. The molecule has 0 fully saturated rings. The summed E-state index contributed by atoms with van der Waals surface area (Å²) in [4.78, 5) is 0. The molecule has 5 nitrogen and oxygen atoms in total. The SMILES string of the molecule is Cc1nn(C)c(NCC(C)(C)C)c1Nc1ccc(C#N)cc1. The molecule has 0 unspecified atom stereocenters. The highest BCUT2D eigenvalue weighted by Gasteiger charge is 2.16. The number of benzene rings is 1. The van der Waals surface area contributed by atoms with Gasteiger partial charge in [-0.25, -0.2) is 0 Å². The van der Waals surface area contributed by atoms with E-state index in [0.29, 0.717) is 5.56 Å². The van der Waals surface area contributed by atoms with Gasteiger partial charge in [-0.2, -0.15) is 10.4 Å². The van der Waals surface area contributed by atoms with Gasteiger partial charge in [0, 0.05) is 19.3 Å². The third-order valence-corrected chi connectivity index (χ3v) is 3.29. The summed E-state index contributed by atoms with van der Waals surface area (Å²) in [5.41, 5.74) is 3.68. The van der Waals surface area contributed by atoms with Crippen molar-refractivity contribution in [2.45, 2.75) is 27.7 Å². The van der Waals surface area contributed by atoms with Gasteiger partial charge in [-0.1, -0.05) is 20.8 Å². The summed E-state index contributed by atoms with van der Waals surface area (Å²) in [5, 5.41) is 20.2. The predicted octanol–water partition coefficient (Wildman–Crippen LogP) is 3.80. The first-order chi connectivity index (χ1) is 10.3. The van der Waals surface area contributed by atoms with Gasteiger partial charge in [0.1, 0.15) is 11.5 Å². The predicted molar refractivity (Wildman–Crippen MR) is 90.3 cm³/mol. The number of rotatable bonds is 4. The average Bonchev–Trinajstić information content (AvgIpc) is 2.71. The third kappa shape index (κ3) is 3.79. The third-order valence-electron chi connectivity index (χ3n) is 3.29. The monoisotopic (exact) mass is 297 g/mol. The maximum Gasteiger partial charge on any atom is 0.148 e. The second-order valence-electron chi connectivity index (χ2n) is 6.66. The Morgan fingerprint density at radius 2 is 1.86 bits per heavy atom. The highest BCUT2D eigenvalue weighted by Crippen LogP contribution is 2.29. The van der Waals surface area contributed by atoms with Crippen molar-refractivity contribution in [2.75, 3.05) is 17.2 Å². The fraction of sp³-hybridized carbons (Fsp3) is 0.412. The molecule has 1 aromatic heterocycles. The molecule has 0 aliphatic carbocycles. The molecule has 0 radical (unpaired) electrons. The maximum absolute atomic E-state index is 8.86. The van der Waals surface area contributed by atoms with Gasteiger partial charge >= 0.3 is 0 Å². The van der Waals surface area contributed by atoms with Gasteiger partial charge in [0.15, 0.2) is 0 Å². The van der Waals surface area contributed by atoms with Crippen molar-refractivity contribution in [3.8, 4) is 6.07 Å². The van der Waals surface area contributed by atoms with Gasteiger partial charge < -0.3 is 10.6 Å². The maximum atomic E-state index is 8.86. The van der Waals surface area contributed by atoms with Gasteiger partial charge in [0.05, 0.1) is 17.3 Å². The molecule has 0 spiro atoms. The molecule has 0 aliphatic heterocycles. The summed E-state index contributed by atoms with van der Waals surface area (Å²) >= 11 is 0. The number of nitrogens with one attached hydrogen (secondary N) is 2. The minimum Gasteiger partial charge on any atom is -0.368 e. The molecule has 2 N–H and O–H groups in total. The molecular formula is C17H23N5. The Morgan fingerprint density at radius 1 is 1.23 bits per heavy atom. The van der Waals surface area contributed by atoms with E-state index < -0.39 is 0 Å². The second-order valence-corrected chi connectivity index (χ2v) is 6.66. The van der Waals surface area contributed by atoms with Crippen LogP contribution in [0, 0.1) is 23.7 Å². The molecule has 2 aromatic rings. The van der Waals surface area contributed by atoms with Gasteiger partial charge in [0.25, 0.3) is 0 Å². The van der Waals surface area contributed by atoms with E-state index in [1.54, 1.807) is 12.1 Å². The molecule has 22 heavy (non-hydrogen) atoms. The molecule has 0 saturated heterocycles. The van der Waals surface area contributed by atoms with Crippen molar-refractivity contribution < 1.29 is 0 Å². The summed E-state index contributed by atoms with van der Waals surface area (Å²) in [7, 11) is 1.93. The molecule has 2 rings (SSSR count). The number of hydrogen-bond acceptors (Lipinski definition) is 4. The van der Waals surface area contributed by atoms with Crippen LogP contribution in [0.2, 0.25) is 0 Å². The zero-order chi connectivity index (χ0) is 16.3. The first kappa shape index (κ1) is 15.9. The minimum atomic E-state index is 0.184. The molecule has 0 saturated carbocycles. The number of hydrogen-bond donors (Lipinski definition) is 2. The van der Waals surface area contributed by atoms with Crippen molar-refractivity contribution in [1.29, 1.82) is 5.26 Å². The van der Waals surface area contributed by atoms with Crippen molar-refractivity contribution in [2.24, 2.45) is 12.5 Å². The molecule has 0 aliphatic rings. The lowest BCUT2D eigenvalue weighted by Crippen LogP contribution is -2.20. The molecule has 5 heteroatoms. The fourth-order valence-electron chi connectivity index (χ4n) is 2.13. The second kappa shape index (κ2) is 6.10. The number of nitrogens with zero attached hydrogens (tertiary/aromatic N) is 3. The first-order valence-electron chi connectivity index (χ1n) is 7.35. The van der Waals surface area contributed by atoms with Crippen LogP contribution < -0.4 is 10.6 Å². The summed E-state index contributed by atoms with van der Waals surface area (Å²) in [6, 6.07) is 9.53. The lowest BCUT2D eigenvalue weighted by molar-refractivity contribution is 0.441. The standard InChI is InChI=1S/C17H23N5/c1-12-15(20-14-8-6-13(10-18)7-9-14)16(22(5)21-12)19-11-17(2,3)4/h6-9,19-20H,11H2,1-5H3. The topological polar surface area (TPSA) is 65.7 Å². The highest BCUT2D eigenvalue weighted by atomic mass is 15.3. The van der Waals surface area contributed by atoms with E-state index in [4.69, 9.17) is 5.26 Å². The van der Waals surface area contributed by atoms with Gasteiger partial charge in [-0.05, 0) is 36.6 Å². The van der Waals surface area contributed by atoms with Crippen molar-refractivity contribution in [3.63, 3.8) is 0 Å². The van der Waals surface area contributed by atoms with Crippen LogP contribution >= 0.6 is 0 Å². The molecule has 0 atom stereocenters. The summed E-state index contributed by atoms with van der Waals surface area (Å²) in [6.45, 7) is 9.41. The zero-order valence-corrected chi connectivity index (χ0v) is 13.9. The Balaban J connectivity index is 2.24.